The summed E-state index contributed by atoms with van der Waals surface area (Å²) in [6.45, 7) is 1.86. The lowest BCUT2D eigenvalue weighted by Gasteiger charge is -2.10. The Hall–Kier alpha value is -3.31. The molecule has 8 nitrogen and oxygen atoms in total. The van der Waals surface area contributed by atoms with E-state index < -0.39 is 11.7 Å². The number of aliphatic hydroxyl groups is 1. The molecular weight excluding hydrogens is 475 g/mol. The van der Waals surface area contributed by atoms with Gasteiger partial charge in [0.15, 0.2) is 11.5 Å². The van der Waals surface area contributed by atoms with Crippen LogP contribution < -0.4 is 5.32 Å². The lowest BCUT2D eigenvalue weighted by Crippen LogP contribution is -2.12. The van der Waals surface area contributed by atoms with Gasteiger partial charge in [-0.05, 0) is 23.8 Å². The summed E-state index contributed by atoms with van der Waals surface area (Å²) in [6.07, 6.45) is -3.01. The quantitative estimate of drug-likeness (QED) is 0.441. The van der Waals surface area contributed by atoms with Gasteiger partial charge in [0.25, 0.3) is 0 Å². The summed E-state index contributed by atoms with van der Waals surface area (Å²) >= 11 is 6.23. The topological polar surface area (TPSA) is 114 Å². The van der Waals surface area contributed by atoms with Crippen LogP contribution in [0.3, 0.4) is 0 Å². The molecule has 0 radical (unpaired) electrons. The third kappa shape index (κ3) is 4.95. The van der Waals surface area contributed by atoms with E-state index >= 15 is 0 Å². The highest BCUT2D eigenvalue weighted by atomic mass is 35.5. The number of hydrogen-bond acceptors (Lipinski definition) is 8. The fourth-order valence-electron chi connectivity index (χ4n) is 3.52. The number of hydrogen-bond donors (Lipinski definition) is 2. The molecule has 3 heterocycles. The lowest BCUT2D eigenvalue weighted by molar-refractivity contribution is -0.137. The number of anilines is 1. The van der Waals surface area contributed by atoms with Crippen molar-refractivity contribution in [3.05, 3.63) is 63.9 Å². The Balaban J connectivity index is 1.45. The summed E-state index contributed by atoms with van der Waals surface area (Å²) in [7, 11) is 0. The van der Waals surface area contributed by atoms with Crippen LogP contribution in [-0.4, -0.2) is 44.9 Å². The maximum atomic E-state index is 13.0. The van der Waals surface area contributed by atoms with E-state index in [1.807, 2.05) is 0 Å². The molecule has 178 valence electrons. The molecule has 0 fully saturated rings. The number of carbonyl (C=O) groups excluding carboxylic acids is 1. The number of halogens is 4. The van der Waals surface area contributed by atoms with Crippen molar-refractivity contribution in [1.82, 2.24) is 15.1 Å². The first-order valence-corrected chi connectivity index (χ1v) is 10.7. The number of nitrogens with one attached hydrogen (secondary N) is 1. The fraction of sp³-hybridized carbons (Fsp3) is 0.318. The number of fused-ring (bicyclic) bond motifs is 1. The van der Waals surface area contributed by atoms with Crippen LogP contribution in [-0.2, 0) is 12.6 Å². The third-order valence-corrected chi connectivity index (χ3v) is 5.65. The summed E-state index contributed by atoms with van der Waals surface area (Å²) in [5, 5.41) is 15.8. The smallest absolute Gasteiger partial charge is 0.395 e. The van der Waals surface area contributed by atoms with E-state index in [2.05, 4.69) is 25.4 Å². The second-order valence-corrected chi connectivity index (χ2v) is 8.13. The molecule has 2 N–H and O–H groups in total. The van der Waals surface area contributed by atoms with E-state index in [1.165, 1.54) is 12.4 Å². The number of Topliss-reactive ketones (excluding diaryl/α,β-unsaturated/α-hetero) is 1. The average molecular weight is 494 g/mol. The number of alkyl halides is 3. The van der Waals surface area contributed by atoms with Gasteiger partial charge in [0.2, 0.25) is 0 Å². The maximum Gasteiger partial charge on any atom is 0.416 e. The summed E-state index contributed by atoms with van der Waals surface area (Å²) in [5.74, 6) is -0.111. The van der Waals surface area contributed by atoms with E-state index in [1.54, 1.807) is 13.0 Å². The first-order chi connectivity index (χ1) is 16.2. The second-order valence-electron chi connectivity index (χ2n) is 7.76. The minimum Gasteiger partial charge on any atom is -0.395 e. The van der Waals surface area contributed by atoms with Gasteiger partial charge >= 0.3 is 6.18 Å². The highest BCUT2D eigenvalue weighted by molar-refractivity contribution is 6.35. The highest BCUT2D eigenvalue weighted by Crippen LogP contribution is 2.36. The molecule has 0 aliphatic carbocycles. The zero-order chi connectivity index (χ0) is 24.5. The first kappa shape index (κ1) is 23.8. The minimum atomic E-state index is -4.43. The standard InChI is InChI=1S/C22H19ClF3N5O3/c1-11(6-17(33)20-19(23)21(27-4-5-32)29-10-28-20)15-9-18(34-31-15)16-8-12-7-13(22(24,25)26)2-3-14(12)30-16/h2-3,7,9-11,32H,4-6,8H2,1H3,(H,27,28,29)/t11-/m0/s1. The van der Waals surface area contributed by atoms with Crippen molar-refractivity contribution in [3.63, 3.8) is 0 Å². The summed E-state index contributed by atoms with van der Waals surface area (Å²) in [4.78, 5) is 25.1. The van der Waals surface area contributed by atoms with Crippen molar-refractivity contribution >= 4 is 34.6 Å². The molecule has 2 aromatic heterocycles. The van der Waals surface area contributed by atoms with E-state index in [9.17, 15) is 18.0 Å². The fourth-order valence-corrected chi connectivity index (χ4v) is 3.79. The summed E-state index contributed by atoms with van der Waals surface area (Å²) in [5.41, 5.74) is 1.17. The number of nitrogens with zero attached hydrogens (tertiary/aromatic N) is 4. The third-order valence-electron chi connectivity index (χ3n) is 5.29. The molecule has 1 atom stereocenters. The number of rotatable bonds is 8. The molecule has 1 aromatic carbocycles. The molecule has 1 aliphatic rings. The van der Waals surface area contributed by atoms with Crippen LogP contribution in [0.5, 0.6) is 0 Å². The van der Waals surface area contributed by atoms with E-state index in [0.29, 0.717) is 28.4 Å². The van der Waals surface area contributed by atoms with Gasteiger partial charge in [-0.15, -0.1) is 0 Å². The molecule has 0 saturated carbocycles. The monoisotopic (exact) mass is 493 g/mol. The molecule has 0 saturated heterocycles. The largest absolute Gasteiger partial charge is 0.416 e. The lowest BCUT2D eigenvalue weighted by atomic mass is 9.98. The number of ketones is 1. The normalized spacial score (nSPS) is 14.0. The van der Waals surface area contributed by atoms with Crippen LogP contribution in [0.15, 0.2) is 40.1 Å². The molecule has 0 unspecified atom stereocenters. The van der Waals surface area contributed by atoms with Gasteiger partial charge in [-0.1, -0.05) is 23.7 Å². The van der Waals surface area contributed by atoms with Crippen LogP contribution in [0.4, 0.5) is 24.7 Å². The summed E-state index contributed by atoms with van der Waals surface area (Å²) in [6, 6.07) is 5.04. The predicted molar refractivity (Wildman–Crippen MR) is 118 cm³/mol. The molecule has 0 bridgehead atoms. The summed E-state index contributed by atoms with van der Waals surface area (Å²) < 4.78 is 44.3. The first-order valence-electron chi connectivity index (χ1n) is 10.3. The molecule has 12 heteroatoms. The van der Waals surface area contributed by atoms with Crippen LogP contribution in [0.1, 0.15) is 52.3 Å². The van der Waals surface area contributed by atoms with Crippen molar-refractivity contribution in [2.75, 3.05) is 18.5 Å². The Morgan fingerprint density at radius 3 is 2.82 bits per heavy atom. The minimum absolute atomic E-state index is 0.0315. The second kappa shape index (κ2) is 9.51. The Bertz CT molecular complexity index is 1260. The Kier molecular flexibility index (Phi) is 6.67. The van der Waals surface area contributed by atoms with E-state index in [4.69, 9.17) is 21.2 Å². The van der Waals surface area contributed by atoms with Crippen LogP contribution in [0, 0.1) is 0 Å². The SMILES string of the molecule is C[C@@H](CC(=O)c1ncnc(NCCO)c1Cl)c1cc(C2=Nc3ccc(C(F)(F)F)cc3C2)on1. The Morgan fingerprint density at radius 1 is 1.29 bits per heavy atom. The molecule has 0 spiro atoms. The number of benzene rings is 1. The van der Waals surface area contributed by atoms with Crippen molar-refractivity contribution in [2.45, 2.75) is 31.9 Å². The highest BCUT2D eigenvalue weighted by Gasteiger charge is 2.32. The van der Waals surface area contributed by atoms with Crippen molar-refractivity contribution in [3.8, 4) is 0 Å². The van der Waals surface area contributed by atoms with Crippen LogP contribution >= 0.6 is 11.6 Å². The van der Waals surface area contributed by atoms with Crippen molar-refractivity contribution < 1.29 is 27.6 Å². The Labute approximate surface area is 196 Å². The van der Waals surface area contributed by atoms with Gasteiger partial charge in [-0.3, -0.25) is 4.79 Å². The molecule has 3 aromatic rings. The number of aliphatic hydroxyl groups excluding tert-OH is 1. The van der Waals surface area contributed by atoms with Gasteiger partial charge in [-0.2, -0.15) is 13.2 Å². The van der Waals surface area contributed by atoms with Gasteiger partial charge < -0.3 is 14.9 Å². The molecule has 1 aliphatic heterocycles. The van der Waals surface area contributed by atoms with Crippen molar-refractivity contribution in [2.24, 2.45) is 4.99 Å². The van der Waals surface area contributed by atoms with E-state index in [-0.39, 0.29) is 54.2 Å². The maximum absolute atomic E-state index is 13.0. The number of aliphatic imine (C=N–C) groups is 1. The Morgan fingerprint density at radius 2 is 2.09 bits per heavy atom. The predicted octanol–water partition coefficient (Wildman–Crippen LogP) is 4.59. The number of carbonyl (C=O) groups is 1. The molecule has 34 heavy (non-hydrogen) atoms. The average Bonchev–Trinajstić information content (AvgIpc) is 3.44. The molecular formula is C22H19ClF3N5O3. The number of aromatic nitrogens is 3. The van der Waals surface area contributed by atoms with E-state index in [0.717, 1.165) is 12.1 Å². The van der Waals surface area contributed by atoms with Gasteiger partial charge in [0.05, 0.1) is 29.3 Å². The van der Waals surface area contributed by atoms with Gasteiger partial charge in [0, 0.05) is 31.4 Å². The van der Waals surface area contributed by atoms with Gasteiger partial charge in [-0.25, -0.2) is 15.0 Å². The zero-order valence-electron chi connectivity index (χ0n) is 17.9. The van der Waals surface area contributed by atoms with Crippen molar-refractivity contribution in [1.29, 1.82) is 0 Å². The van der Waals surface area contributed by atoms with Gasteiger partial charge in [0.1, 0.15) is 22.9 Å². The zero-order valence-corrected chi connectivity index (χ0v) is 18.6. The molecule has 4 rings (SSSR count). The molecule has 0 amide bonds. The van der Waals surface area contributed by atoms with Crippen LogP contribution in [0.2, 0.25) is 5.02 Å². The van der Waals surface area contributed by atoms with Crippen LogP contribution in [0.25, 0.3) is 0 Å².